The SMILES string of the molecule is CC(=O)c1ccc(C(F)(F)F)c(N)c1O. The molecule has 0 aliphatic carbocycles. The fourth-order valence-corrected chi connectivity index (χ4v) is 1.14. The fourth-order valence-electron chi connectivity index (χ4n) is 1.14. The molecule has 1 aromatic rings. The third-order valence-electron chi connectivity index (χ3n) is 1.90. The van der Waals surface area contributed by atoms with Crippen LogP contribution in [0.25, 0.3) is 0 Å². The lowest BCUT2D eigenvalue weighted by Crippen LogP contribution is -2.10. The molecule has 3 N–H and O–H groups in total. The number of carbonyl (C=O) groups is 1. The van der Waals surface area contributed by atoms with Crippen molar-refractivity contribution in [2.45, 2.75) is 13.1 Å². The van der Waals surface area contributed by atoms with E-state index in [-0.39, 0.29) is 5.56 Å². The van der Waals surface area contributed by atoms with E-state index in [1.807, 2.05) is 0 Å². The standard InChI is InChI=1S/C9H8F3NO2/c1-4(14)5-2-3-6(9(10,11)12)7(13)8(5)15/h2-3,15H,13H2,1H3. The van der Waals surface area contributed by atoms with Gasteiger partial charge in [-0.05, 0) is 19.1 Å². The predicted molar refractivity (Wildman–Crippen MR) is 47.5 cm³/mol. The first-order chi connectivity index (χ1) is 6.75. The molecule has 6 heteroatoms. The number of carbonyl (C=O) groups excluding carboxylic acids is 1. The van der Waals surface area contributed by atoms with Crippen molar-refractivity contribution in [2.75, 3.05) is 5.73 Å². The number of hydrogen-bond donors (Lipinski definition) is 2. The highest BCUT2D eigenvalue weighted by Crippen LogP contribution is 2.39. The predicted octanol–water partition coefficient (Wildman–Crippen LogP) is 2.20. The number of aromatic hydroxyl groups is 1. The Kier molecular flexibility index (Phi) is 2.61. The molecule has 0 aliphatic rings. The molecule has 0 atom stereocenters. The molecule has 0 fully saturated rings. The van der Waals surface area contributed by atoms with Crippen LogP contribution in [-0.2, 0) is 6.18 Å². The van der Waals surface area contributed by atoms with Gasteiger partial charge in [-0.25, -0.2) is 0 Å². The Morgan fingerprint density at radius 2 is 1.93 bits per heavy atom. The number of phenolic OH excluding ortho intramolecular Hbond substituents is 1. The molecular formula is C9H8F3NO2. The van der Waals surface area contributed by atoms with Crippen molar-refractivity contribution < 1.29 is 23.1 Å². The number of rotatable bonds is 1. The van der Waals surface area contributed by atoms with Crippen LogP contribution >= 0.6 is 0 Å². The molecule has 0 radical (unpaired) electrons. The molecule has 0 aliphatic heterocycles. The van der Waals surface area contributed by atoms with Crippen LogP contribution in [0, 0.1) is 0 Å². The van der Waals surface area contributed by atoms with Gasteiger partial charge in [0.2, 0.25) is 0 Å². The summed E-state index contributed by atoms with van der Waals surface area (Å²) in [6.07, 6.45) is -4.64. The van der Waals surface area contributed by atoms with Gasteiger partial charge in [-0.15, -0.1) is 0 Å². The summed E-state index contributed by atoms with van der Waals surface area (Å²) in [4.78, 5) is 10.9. The minimum atomic E-state index is -4.64. The molecule has 0 aromatic heterocycles. The monoisotopic (exact) mass is 219 g/mol. The lowest BCUT2D eigenvalue weighted by Gasteiger charge is -2.12. The average Bonchev–Trinajstić information content (AvgIpc) is 2.06. The zero-order valence-electron chi connectivity index (χ0n) is 7.72. The number of phenols is 1. The van der Waals surface area contributed by atoms with Gasteiger partial charge < -0.3 is 10.8 Å². The molecule has 3 nitrogen and oxygen atoms in total. The van der Waals surface area contributed by atoms with E-state index in [0.29, 0.717) is 6.07 Å². The molecule has 82 valence electrons. The van der Waals surface area contributed by atoms with E-state index in [1.54, 1.807) is 0 Å². The van der Waals surface area contributed by atoms with Gasteiger partial charge in [0.05, 0.1) is 16.8 Å². The van der Waals surface area contributed by atoms with E-state index < -0.39 is 29.0 Å². The van der Waals surface area contributed by atoms with E-state index >= 15 is 0 Å². The molecule has 1 aromatic carbocycles. The van der Waals surface area contributed by atoms with E-state index in [0.717, 1.165) is 13.0 Å². The number of halogens is 3. The van der Waals surface area contributed by atoms with Crippen molar-refractivity contribution in [1.82, 2.24) is 0 Å². The lowest BCUT2D eigenvalue weighted by molar-refractivity contribution is -0.137. The van der Waals surface area contributed by atoms with Crippen molar-refractivity contribution in [3.05, 3.63) is 23.3 Å². The summed E-state index contributed by atoms with van der Waals surface area (Å²) in [7, 11) is 0. The van der Waals surface area contributed by atoms with Gasteiger partial charge >= 0.3 is 6.18 Å². The number of hydrogen-bond acceptors (Lipinski definition) is 3. The number of nitrogen functional groups attached to an aromatic ring is 1. The largest absolute Gasteiger partial charge is 0.505 e. The van der Waals surface area contributed by atoms with Crippen molar-refractivity contribution in [2.24, 2.45) is 0 Å². The summed E-state index contributed by atoms with van der Waals surface area (Å²) >= 11 is 0. The molecule has 15 heavy (non-hydrogen) atoms. The minimum absolute atomic E-state index is 0.222. The zero-order valence-corrected chi connectivity index (χ0v) is 7.72. The third kappa shape index (κ3) is 2.03. The number of ketones is 1. The number of nitrogens with two attached hydrogens (primary N) is 1. The highest BCUT2D eigenvalue weighted by atomic mass is 19.4. The Hall–Kier alpha value is -1.72. The van der Waals surface area contributed by atoms with Crippen LogP contribution in [0.4, 0.5) is 18.9 Å². The van der Waals surface area contributed by atoms with E-state index in [1.165, 1.54) is 0 Å². The molecule has 1 rings (SSSR count). The number of anilines is 1. The maximum Gasteiger partial charge on any atom is 0.418 e. The second-order valence-electron chi connectivity index (χ2n) is 2.98. The Bertz CT molecular complexity index is 413. The summed E-state index contributed by atoms with van der Waals surface area (Å²) in [5, 5.41) is 9.27. The Morgan fingerprint density at radius 1 is 1.40 bits per heavy atom. The normalized spacial score (nSPS) is 11.5. The summed E-state index contributed by atoms with van der Waals surface area (Å²) < 4.78 is 36.9. The maximum absolute atomic E-state index is 12.3. The number of Topliss-reactive ketones (excluding diaryl/α,β-unsaturated/α-hetero) is 1. The quantitative estimate of drug-likeness (QED) is 0.432. The van der Waals surface area contributed by atoms with Gasteiger partial charge in [0, 0.05) is 0 Å². The van der Waals surface area contributed by atoms with Crippen molar-refractivity contribution in [3.63, 3.8) is 0 Å². The van der Waals surface area contributed by atoms with Crippen LogP contribution in [0.5, 0.6) is 5.75 Å². The maximum atomic E-state index is 12.3. The topological polar surface area (TPSA) is 63.3 Å². The number of alkyl halides is 3. The zero-order chi connectivity index (χ0) is 11.8. The van der Waals surface area contributed by atoms with Crippen molar-refractivity contribution in [1.29, 1.82) is 0 Å². The molecule has 0 unspecified atom stereocenters. The number of benzene rings is 1. The average molecular weight is 219 g/mol. The van der Waals surface area contributed by atoms with Crippen LogP contribution in [-0.4, -0.2) is 10.9 Å². The first-order valence-electron chi connectivity index (χ1n) is 3.94. The van der Waals surface area contributed by atoms with E-state index in [4.69, 9.17) is 5.73 Å². The third-order valence-corrected chi connectivity index (χ3v) is 1.90. The second kappa shape index (κ2) is 3.45. The molecule has 0 amide bonds. The van der Waals surface area contributed by atoms with Crippen molar-refractivity contribution >= 4 is 11.5 Å². The summed E-state index contributed by atoms with van der Waals surface area (Å²) in [5.41, 5.74) is 2.89. The molecule has 0 saturated heterocycles. The van der Waals surface area contributed by atoms with E-state index in [9.17, 15) is 23.1 Å². The van der Waals surface area contributed by atoms with Gasteiger partial charge in [-0.1, -0.05) is 0 Å². The highest BCUT2D eigenvalue weighted by molar-refractivity contribution is 5.98. The lowest BCUT2D eigenvalue weighted by atomic mass is 10.0. The highest BCUT2D eigenvalue weighted by Gasteiger charge is 2.34. The van der Waals surface area contributed by atoms with Gasteiger partial charge in [0.25, 0.3) is 0 Å². The summed E-state index contributed by atoms with van der Waals surface area (Å²) in [6.45, 7) is 1.13. The molecular weight excluding hydrogens is 211 g/mol. The Labute approximate surface area is 83.3 Å². The second-order valence-corrected chi connectivity index (χ2v) is 2.98. The van der Waals surface area contributed by atoms with Gasteiger partial charge in [-0.3, -0.25) is 4.79 Å². The first kappa shape index (κ1) is 11.4. The minimum Gasteiger partial charge on any atom is -0.505 e. The van der Waals surface area contributed by atoms with E-state index in [2.05, 4.69) is 0 Å². The molecule has 0 spiro atoms. The molecule has 0 heterocycles. The Balaban J connectivity index is 3.41. The van der Waals surface area contributed by atoms with Gasteiger partial charge in [-0.2, -0.15) is 13.2 Å². The van der Waals surface area contributed by atoms with Crippen LogP contribution < -0.4 is 5.73 Å². The fraction of sp³-hybridized carbons (Fsp3) is 0.222. The van der Waals surface area contributed by atoms with Crippen LogP contribution in [0.2, 0.25) is 0 Å². The molecule has 0 bridgehead atoms. The van der Waals surface area contributed by atoms with Crippen molar-refractivity contribution in [3.8, 4) is 5.75 Å². The first-order valence-corrected chi connectivity index (χ1v) is 3.94. The van der Waals surface area contributed by atoms with Gasteiger partial charge in [0.15, 0.2) is 5.78 Å². The summed E-state index contributed by atoms with van der Waals surface area (Å²) in [5.74, 6) is -1.37. The Morgan fingerprint density at radius 3 is 2.33 bits per heavy atom. The summed E-state index contributed by atoms with van der Waals surface area (Å²) in [6, 6.07) is 1.57. The van der Waals surface area contributed by atoms with Crippen LogP contribution in [0.15, 0.2) is 12.1 Å². The van der Waals surface area contributed by atoms with Gasteiger partial charge in [0.1, 0.15) is 5.75 Å². The van der Waals surface area contributed by atoms with Crippen LogP contribution in [0.3, 0.4) is 0 Å². The smallest absolute Gasteiger partial charge is 0.418 e. The van der Waals surface area contributed by atoms with Crippen LogP contribution in [0.1, 0.15) is 22.8 Å². The molecule has 0 saturated carbocycles.